The Morgan fingerprint density at radius 3 is 1.68 bits per heavy atom. The van der Waals surface area contributed by atoms with Crippen LogP contribution in [0, 0.1) is 3.70 Å². The zero-order valence-corrected chi connectivity index (χ0v) is 41.2. The summed E-state index contributed by atoms with van der Waals surface area (Å²) in [5.74, 6) is -1.28. The molecular formula is C53H51IN8O9. The number of ether oxygens (including phenoxy) is 4. The lowest BCUT2D eigenvalue weighted by atomic mass is 9.98. The zero-order chi connectivity index (χ0) is 50.0. The van der Waals surface area contributed by atoms with Gasteiger partial charge in [0.25, 0.3) is 5.91 Å². The number of rotatable bonds is 15. The first kappa shape index (κ1) is 49.6. The van der Waals surface area contributed by atoms with Crippen molar-refractivity contribution in [3.8, 4) is 22.3 Å². The van der Waals surface area contributed by atoms with Gasteiger partial charge in [-0.25, -0.2) is 29.1 Å². The first-order valence-corrected chi connectivity index (χ1v) is 23.9. The van der Waals surface area contributed by atoms with E-state index in [0.717, 1.165) is 59.5 Å². The first-order valence-electron chi connectivity index (χ1n) is 22.8. The van der Waals surface area contributed by atoms with E-state index in [1.807, 2.05) is 96.4 Å². The number of carbonyl (C=O) groups excluding carboxylic acids is 5. The van der Waals surface area contributed by atoms with Gasteiger partial charge in [0.2, 0.25) is 0 Å². The summed E-state index contributed by atoms with van der Waals surface area (Å²) in [6, 6.07) is 35.5. The van der Waals surface area contributed by atoms with Crippen LogP contribution in [-0.4, -0.2) is 97.0 Å². The molecule has 9 rings (SSSR count). The third-order valence-electron chi connectivity index (χ3n) is 12.3. The van der Waals surface area contributed by atoms with Gasteiger partial charge >= 0.3 is 24.1 Å². The summed E-state index contributed by atoms with van der Waals surface area (Å²) in [4.78, 5) is 71.0. The lowest BCUT2D eigenvalue weighted by Gasteiger charge is -2.19. The molecule has 2 aliphatic rings. The Balaban J connectivity index is 0.000000228. The quantitative estimate of drug-likeness (QED) is 0.0382. The van der Waals surface area contributed by atoms with Crippen LogP contribution in [-0.2, 0) is 35.0 Å². The van der Waals surface area contributed by atoms with Gasteiger partial charge < -0.3 is 45.9 Å². The van der Waals surface area contributed by atoms with Crippen molar-refractivity contribution < 1.29 is 42.9 Å². The average molecular weight is 1070 g/mol. The topological polar surface area (TPSA) is 227 Å². The molecule has 0 unspecified atom stereocenters. The Labute approximate surface area is 423 Å². The largest absolute Gasteiger partial charge is 0.467 e. The fraction of sp³-hybridized carbons (Fsp3) is 0.226. The van der Waals surface area contributed by atoms with Gasteiger partial charge in [-0.2, -0.15) is 0 Å². The molecule has 0 spiro atoms. The standard InChI is InChI=1S/C34H31IN6O5.C19H20N2O4/c1-3-20-16-21(39-30-31-37-18-29(35)41(31)15-14-36-30)12-13-22(20)32(42)38-17-28(33(43)45-2)40-34(44)46-19-27-25-10-6-4-8-23(25)24-9-5-7-11-26(24)27;1-24-18(22)17(10-20)21-19(23)25-11-16-14-8-4-2-6-12(14)13-7-3-5-9-15(13)16/h4-16,18,27-28H,3,17,19H2,1-2H3,(H,36,39)(H,38,42)(H,40,44);2-9,16-17H,10-11,20H2,1H3,(H,21,23)/t28-;17-/m10/s1. The predicted octanol–water partition coefficient (Wildman–Crippen LogP) is 7.48. The summed E-state index contributed by atoms with van der Waals surface area (Å²) in [5, 5.41) is 11.0. The number of hydrogen-bond donors (Lipinski definition) is 5. The summed E-state index contributed by atoms with van der Waals surface area (Å²) in [5.41, 5.74) is 17.1. The van der Waals surface area contributed by atoms with Crippen LogP contribution in [0.1, 0.15) is 56.9 Å². The number of carbonyl (C=O) groups is 5. The van der Waals surface area contributed by atoms with Gasteiger partial charge in [-0.3, -0.25) is 9.20 Å². The highest BCUT2D eigenvalue weighted by Gasteiger charge is 2.32. The summed E-state index contributed by atoms with van der Waals surface area (Å²) in [6.45, 7) is 1.96. The van der Waals surface area contributed by atoms with E-state index < -0.39 is 42.1 Å². The number of nitrogens with two attached hydrogens (primary N) is 1. The number of aromatic nitrogens is 3. The van der Waals surface area contributed by atoms with Crippen molar-refractivity contribution in [3.05, 3.63) is 171 Å². The summed E-state index contributed by atoms with van der Waals surface area (Å²) in [6.07, 6.45) is 4.39. The molecule has 6 N–H and O–H groups in total. The number of alkyl carbamates (subject to hydrolysis) is 2. The maximum absolute atomic E-state index is 13.3. The molecule has 5 aromatic carbocycles. The van der Waals surface area contributed by atoms with Crippen LogP contribution in [0.25, 0.3) is 27.9 Å². The van der Waals surface area contributed by atoms with Crippen LogP contribution in [0.4, 0.5) is 21.1 Å². The van der Waals surface area contributed by atoms with Crippen LogP contribution < -0.4 is 27.0 Å². The number of methoxy groups -OCH3 is 2. The van der Waals surface area contributed by atoms with Crippen molar-refractivity contribution in [2.45, 2.75) is 37.3 Å². The highest BCUT2D eigenvalue weighted by molar-refractivity contribution is 14.1. The van der Waals surface area contributed by atoms with E-state index >= 15 is 0 Å². The molecule has 2 atom stereocenters. The minimum absolute atomic E-state index is 0.0346. The molecule has 364 valence electrons. The van der Waals surface area contributed by atoms with E-state index in [-0.39, 0.29) is 38.1 Å². The van der Waals surface area contributed by atoms with E-state index in [1.54, 1.807) is 24.5 Å². The maximum Gasteiger partial charge on any atom is 0.407 e. The SMILES string of the molecule is CCc1cc(Nc2nccn3c(I)cnc23)ccc1C(=O)NC[C@@H](NC(=O)OCC1c2ccccc2-c2ccccc21)C(=O)OC.COC(=O)[C@H](CN)NC(=O)OCC1c2ccccc2-c2ccccc21. The molecule has 2 aliphatic carbocycles. The van der Waals surface area contributed by atoms with E-state index in [9.17, 15) is 24.0 Å². The van der Waals surface area contributed by atoms with Crippen molar-refractivity contribution in [3.63, 3.8) is 0 Å². The molecule has 0 saturated carbocycles. The predicted molar refractivity (Wildman–Crippen MR) is 274 cm³/mol. The number of imidazole rings is 1. The molecule has 17 nitrogen and oxygen atoms in total. The van der Waals surface area contributed by atoms with Crippen molar-refractivity contribution in [1.82, 2.24) is 30.3 Å². The van der Waals surface area contributed by atoms with Crippen LogP contribution in [0.2, 0.25) is 0 Å². The molecule has 0 radical (unpaired) electrons. The summed E-state index contributed by atoms with van der Waals surface area (Å²) in [7, 11) is 2.46. The number of aryl methyl sites for hydroxylation is 1. The maximum atomic E-state index is 13.3. The first-order chi connectivity index (χ1) is 34.5. The summed E-state index contributed by atoms with van der Waals surface area (Å²) >= 11 is 2.20. The van der Waals surface area contributed by atoms with Gasteiger partial charge in [0, 0.05) is 48.6 Å². The zero-order valence-electron chi connectivity index (χ0n) is 39.0. The number of anilines is 2. The number of fused-ring (bicyclic) bond motifs is 7. The molecule has 71 heavy (non-hydrogen) atoms. The molecule has 0 aliphatic heterocycles. The average Bonchev–Trinajstić information content (AvgIpc) is 4.06. The van der Waals surface area contributed by atoms with Crippen LogP contribution in [0.5, 0.6) is 0 Å². The Morgan fingerprint density at radius 1 is 0.690 bits per heavy atom. The van der Waals surface area contributed by atoms with Gasteiger partial charge in [0.15, 0.2) is 11.5 Å². The Bertz CT molecular complexity index is 3020. The number of benzene rings is 5. The highest BCUT2D eigenvalue weighted by atomic mass is 127. The third-order valence-corrected chi connectivity index (χ3v) is 13.1. The van der Waals surface area contributed by atoms with Crippen LogP contribution in [0.15, 0.2) is 134 Å². The van der Waals surface area contributed by atoms with Gasteiger partial charge in [0.1, 0.15) is 29.0 Å². The molecule has 0 fully saturated rings. The molecule has 2 heterocycles. The van der Waals surface area contributed by atoms with E-state index in [0.29, 0.717) is 23.4 Å². The molecule has 2 aromatic heterocycles. The van der Waals surface area contributed by atoms with Crippen molar-refractivity contribution in [1.29, 1.82) is 0 Å². The van der Waals surface area contributed by atoms with Gasteiger partial charge in [-0.05, 0) is 97.3 Å². The second-order valence-electron chi connectivity index (χ2n) is 16.4. The second-order valence-corrected chi connectivity index (χ2v) is 17.5. The fourth-order valence-corrected chi connectivity index (χ4v) is 9.37. The minimum Gasteiger partial charge on any atom is -0.467 e. The molecular weight excluding hydrogens is 1020 g/mol. The van der Waals surface area contributed by atoms with E-state index in [2.05, 4.69) is 82.8 Å². The minimum atomic E-state index is -1.15. The molecule has 18 heteroatoms. The van der Waals surface area contributed by atoms with Crippen LogP contribution >= 0.6 is 22.6 Å². The smallest absolute Gasteiger partial charge is 0.407 e. The fourth-order valence-electron chi connectivity index (χ4n) is 8.85. The third kappa shape index (κ3) is 11.0. The van der Waals surface area contributed by atoms with Gasteiger partial charge in [-0.1, -0.05) is 104 Å². The number of esters is 2. The molecule has 0 bridgehead atoms. The van der Waals surface area contributed by atoms with E-state index in [4.69, 9.17) is 19.9 Å². The Morgan fingerprint density at radius 2 is 1.18 bits per heavy atom. The van der Waals surface area contributed by atoms with Crippen molar-refractivity contribution in [2.75, 3.05) is 45.8 Å². The lowest BCUT2D eigenvalue weighted by molar-refractivity contribution is -0.143. The second kappa shape index (κ2) is 22.7. The summed E-state index contributed by atoms with van der Waals surface area (Å²) < 4.78 is 23.3. The molecule has 7 aromatic rings. The number of halogens is 1. The lowest BCUT2D eigenvalue weighted by Crippen LogP contribution is -2.49. The Kier molecular flexibility index (Phi) is 15.9. The van der Waals surface area contributed by atoms with E-state index in [1.165, 1.54) is 14.2 Å². The van der Waals surface area contributed by atoms with Crippen molar-refractivity contribution in [2.24, 2.45) is 5.73 Å². The number of hydrogen-bond acceptors (Lipinski definition) is 13. The Hall–Kier alpha value is -7.84. The highest BCUT2D eigenvalue weighted by Crippen LogP contribution is 2.45. The number of nitrogens with one attached hydrogen (secondary N) is 4. The monoisotopic (exact) mass is 1070 g/mol. The van der Waals surface area contributed by atoms with Gasteiger partial charge in [-0.15, -0.1) is 0 Å². The molecule has 0 saturated heterocycles. The van der Waals surface area contributed by atoms with Gasteiger partial charge in [0.05, 0.1) is 20.4 Å². The van der Waals surface area contributed by atoms with Crippen molar-refractivity contribution >= 4 is 69.8 Å². The number of amides is 3. The van der Waals surface area contributed by atoms with Crippen LogP contribution in [0.3, 0.4) is 0 Å². The molecule has 3 amide bonds. The number of nitrogens with zero attached hydrogens (tertiary/aromatic N) is 3. The normalized spacial score (nSPS) is 12.9.